The number of hydrogen-bond donors (Lipinski definition) is 3. The van der Waals surface area contributed by atoms with E-state index in [0.717, 1.165) is 55.4 Å². The molecular weight excluding hydrogens is 555 g/mol. The quantitative estimate of drug-likeness (QED) is 0.170. The number of benzene rings is 1. The number of likely N-dealkylation sites (N-methyl/N-ethyl adjacent to an activating group) is 1. The fourth-order valence-electron chi connectivity index (χ4n) is 4.77. The summed E-state index contributed by atoms with van der Waals surface area (Å²) in [6.45, 7) is 11.5. The van der Waals surface area contributed by atoms with Crippen molar-refractivity contribution in [2.24, 2.45) is 0 Å². The second-order valence-corrected chi connectivity index (χ2v) is 9.88. The molecule has 0 radical (unpaired) electrons. The number of amides is 1. The fraction of sp³-hybridized carbons (Fsp3) is 0.300. The van der Waals surface area contributed by atoms with E-state index >= 15 is 0 Å². The highest BCUT2D eigenvalue weighted by molar-refractivity contribution is 6.03. The molecule has 2 aromatic heterocycles. The summed E-state index contributed by atoms with van der Waals surface area (Å²) in [7, 11) is 0. The standard InChI is InChI=1S/C30H33FN8O4/c1-3-38-11-13-39(14-12-38)26-8-7-24(18-32-26)36-30-33-19-25(21-9-15-42-16-10-21)27(37-30)34-22-5-4-6-23(17-22)35-28(40)20(2)43-29(31)41/h4-9,17-19H,2-3,10-16H2,1H3,(H,35,40)(H2,33,34,36,37). The van der Waals surface area contributed by atoms with Gasteiger partial charge in [0.05, 0.1) is 25.1 Å². The largest absolute Gasteiger partial charge is 0.501 e. The summed E-state index contributed by atoms with van der Waals surface area (Å²) in [5, 5.41) is 9.07. The molecule has 2 aliphatic rings. The van der Waals surface area contributed by atoms with Crippen LogP contribution in [0.4, 0.5) is 43.8 Å². The van der Waals surface area contributed by atoms with Crippen LogP contribution in [0.25, 0.3) is 5.57 Å². The monoisotopic (exact) mass is 588 g/mol. The predicted molar refractivity (Wildman–Crippen MR) is 162 cm³/mol. The van der Waals surface area contributed by atoms with Gasteiger partial charge >= 0.3 is 6.22 Å². The number of rotatable bonds is 10. The van der Waals surface area contributed by atoms with Gasteiger partial charge in [0.2, 0.25) is 5.95 Å². The van der Waals surface area contributed by atoms with Crippen molar-refractivity contribution >= 4 is 52.3 Å². The SMILES string of the molecule is C=C(OC(=O)F)C(=O)Nc1cccc(Nc2nc(Nc3ccc(N4CCN(CC)CC4)nc3)ncc2C2=CCOCC2)c1. The lowest BCUT2D eigenvalue weighted by Crippen LogP contribution is -2.46. The molecule has 13 heteroatoms. The Hall–Kier alpha value is -4.88. The van der Waals surface area contributed by atoms with Gasteiger partial charge in [-0.3, -0.25) is 4.79 Å². The van der Waals surface area contributed by atoms with Crippen molar-refractivity contribution in [2.45, 2.75) is 13.3 Å². The molecule has 0 bridgehead atoms. The molecule has 1 saturated heterocycles. The van der Waals surface area contributed by atoms with E-state index in [4.69, 9.17) is 9.72 Å². The van der Waals surface area contributed by atoms with Crippen LogP contribution in [0.5, 0.6) is 0 Å². The summed E-state index contributed by atoms with van der Waals surface area (Å²) in [5.41, 5.74) is 3.58. The summed E-state index contributed by atoms with van der Waals surface area (Å²) >= 11 is 0. The van der Waals surface area contributed by atoms with Crippen LogP contribution in [0.15, 0.2) is 67.2 Å². The number of carbonyl (C=O) groups excluding carboxylic acids is 2. The molecule has 0 unspecified atom stereocenters. The van der Waals surface area contributed by atoms with Gasteiger partial charge in [0.25, 0.3) is 5.91 Å². The van der Waals surface area contributed by atoms with Crippen molar-refractivity contribution in [3.05, 3.63) is 72.8 Å². The minimum Gasteiger partial charge on any atom is -0.396 e. The van der Waals surface area contributed by atoms with Crippen LogP contribution in [0, 0.1) is 0 Å². The van der Waals surface area contributed by atoms with Gasteiger partial charge in [-0.05, 0) is 55.4 Å². The summed E-state index contributed by atoms with van der Waals surface area (Å²) in [6.07, 6.45) is 4.11. The Morgan fingerprint density at radius 1 is 1.05 bits per heavy atom. The molecule has 0 atom stereocenters. The van der Waals surface area contributed by atoms with E-state index in [-0.39, 0.29) is 0 Å². The summed E-state index contributed by atoms with van der Waals surface area (Å²) in [4.78, 5) is 41.4. The zero-order chi connectivity index (χ0) is 30.2. The van der Waals surface area contributed by atoms with Gasteiger partial charge in [0, 0.05) is 49.3 Å². The second-order valence-electron chi connectivity index (χ2n) is 9.88. The van der Waals surface area contributed by atoms with Crippen LogP contribution in [0.2, 0.25) is 0 Å². The normalized spacial score (nSPS) is 15.3. The number of ether oxygens (including phenoxy) is 2. The van der Waals surface area contributed by atoms with Crippen LogP contribution in [-0.4, -0.2) is 77.9 Å². The number of pyridine rings is 1. The molecule has 12 nitrogen and oxygen atoms in total. The van der Waals surface area contributed by atoms with Crippen molar-refractivity contribution in [3.8, 4) is 0 Å². The Balaban J connectivity index is 1.33. The van der Waals surface area contributed by atoms with Gasteiger partial charge in [0.1, 0.15) is 11.6 Å². The number of carbonyl (C=O) groups is 2. The van der Waals surface area contributed by atoms with Crippen molar-refractivity contribution in [2.75, 3.05) is 66.8 Å². The Labute approximate surface area is 248 Å². The third-order valence-corrected chi connectivity index (χ3v) is 7.09. The lowest BCUT2D eigenvalue weighted by atomic mass is 10.0. The molecule has 1 aromatic carbocycles. The second kappa shape index (κ2) is 13.9. The first-order valence-electron chi connectivity index (χ1n) is 14.0. The number of halogens is 1. The molecule has 43 heavy (non-hydrogen) atoms. The lowest BCUT2D eigenvalue weighted by molar-refractivity contribution is -0.115. The zero-order valence-corrected chi connectivity index (χ0v) is 23.8. The highest BCUT2D eigenvalue weighted by atomic mass is 19.1. The molecule has 0 spiro atoms. The molecule has 1 fully saturated rings. The number of aromatic nitrogens is 3. The van der Waals surface area contributed by atoms with Crippen LogP contribution in [-0.2, 0) is 14.3 Å². The highest BCUT2D eigenvalue weighted by Crippen LogP contribution is 2.31. The topological polar surface area (TPSA) is 134 Å². The first kappa shape index (κ1) is 29.6. The van der Waals surface area contributed by atoms with E-state index in [1.807, 2.05) is 18.2 Å². The summed E-state index contributed by atoms with van der Waals surface area (Å²) in [5.74, 6) is 0.340. The molecule has 0 aliphatic carbocycles. The number of nitrogens with one attached hydrogen (secondary N) is 3. The summed E-state index contributed by atoms with van der Waals surface area (Å²) in [6, 6.07) is 10.7. The highest BCUT2D eigenvalue weighted by Gasteiger charge is 2.18. The smallest absolute Gasteiger partial charge is 0.396 e. The maximum absolute atomic E-state index is 12.5. The van der Waals surface area contributed by atoms with Gasteiger partial charge in [-0.2, -0.15) is 4.98 Å². The molecule has 224 valence electrons. The Morgan fingerprint density at radius 3 is 2.56 bits per heavy atom. The molecule has 0 saturated carbocycles. The maximum atomic E-state index is 12.5. The number of piperazine rings is 1. The van der Waals surface area contributed by atoms with Crippen LogP contribution in [0.3, 0.4) is 0 Å². The Kier molecular flexibility index (Phi) is 9.54. The molecule has 1 amide bonds. The van der Waals surface area contributed by atoms with Crippen LogP contribution >= 0.6 is 0 Å². The molecular formula is C30H33FN8O4. The average molecular weight is 589 g/mol. The van der Waals surface area contributed by atoms with E-state index in [1.54, 1.807) is 36.7 Å². The average Bonchev–Trinajstić information content (AvgIpc) is 3.02. The number of anilines is 6. The van der Waals surface area contributed by atoms with E-state index in [0.29, 0.717) is 42.8 Å². The third-order valence-electron chi connectivity index (χ3n) is 7.09. The van der Waals surface area contributed by atoms with Gasteiger partial charge in [-0.15, -0.1) is 4.39 Å². The molecule has 2 aliphatic heterocycles. The van der Waals surface area contributed by atoms with Crippen molar-refractivity contribution in [3.63, 3.8) is 0 Å². The van der Waals surface area contributed by atoms with Gasteiger partial charge in [0.15, 0.2) is 5.76 Å². The van der Waals surface area contributed by atoms with Crippen molar-refractivity contribution in [1.29, 1.82) is 0 Å². The van der Waals surface area contributed by atoms with Gasteiger partial charge in [-0.1, -0.05) is 19.1 Å². The molecule has 5 rings (SSSR count). The van der Waals surface area contributed by atoms with Crippen LogP contribution in [0.1, 0.15) is 18.9 Å². The van der Waals surface area contributed by atoms with Crippen LogP contribution < -0.4 is 20.9 Å². The number of hydrogen-bond acceptors (Lipinski definition) is 11. The fourth-order valence-corrected chi connectivity index (χ4v) is 4.77. The first-order valence-corrected chi connectivity index (χ1v) is 14.0. The van der Waals surface area contributed by atoms with Gasteiger partial charge < -0.3 is 35.2 Å². The number of nitrogens with zero attached hydrogens (tertiary/aromatic N) is 5. The Morgan fingerprint density at radius 2 is 1.86 bits per heavy atom. The van der Waals surface area contributed by atoms with E-state index in [1.165, 1.54) is 0 Å². The lowest BCUT2D eigenvalue weighted by Gasteiger charge is -2.34. The van der Waals surface area contributed by atoms with Crippen molar-refractivity contribution < 1.29 is 23.5 Å². The van der Waals surface area contributed by atoms with Crippen molar-refractivity contribution in [1.82, 2.24) is 19.9 Å². The van der Waals surface area contributed by atoms with E-state index < -0.39 is 17.9 Å². The van der Waals surface area contributed by atoms with Gasteiger partial charge in [-0.25, -0.2) is 14.8 Å². The molecule has 4 heterocycles. The zero-order valence-electron chi connectivity index (χ0n) is 23.8. The Bertz CT molecular complexity index is 1510. The van der Waals surface area contributed by atoms with E-state index in [9.17, 15) is 14.0 Å². The first-order chi connectivity index (χ1) is 20.9. The molecule has 3 N–H and O–H groups in total. The maximum Gasteiger partial charge on any atom is 0.501 e. The summed E-state index contributed by atoms with van der Waals surface area (Å²) < 4.78 is 22.1. The minimum atomic E-state index is -2.11. The predicted octanol–water partition coefficient (Wildman–Crippen LogP) is 4.86. The minimum absolute atomic E-state index is 0.368. The molecule has 3 aromatic rings. The third kappa shape index (κ3) is 7.90. The van der Waals surface area contributed by atoms with E-state index in [2.05, 4.69) is 54.0 Å².